The Balaban J connectivity index is 3.58. The molecule has 3 N–H and O–H groups in total. The van der Waals surface area contributed by atoms with Crippen LogP contribution in [-0.4, -0.2) is 28.6 Å². The molecule has 0 aliphatic carbocycles. The van der Waals surface area contributed by atoms with E-state index in [0.29, 0.717) is 5.75 Å². The fourth-order valence-electron chi connectivity index (χ4n) is 0.665. The van der Waals surface area contributed by atoms with Crippen molar-refractivity contribution in [3.8, 4) is 6.07 Å². The van der Waals surface area contributed by atoms with Crippen LogP contribution in [0.1, 0.15) is 20.3 Å². The molecule has 0 aromatic heterocycles. The summed E-state index contributed by atoms with van der Waals surface area (Å²) in [5.74, 6) is 0.190. The number of thioether (sulfide) groups is 1. The molecule has 1 atom stereocenters. The molecule has 0 amide bonds. The number of carbonyl (C=O) groups is 1. The Morgan fingerprint density at radius 3 is 2.71 bits per heavy atom. The van der Waals surface area contributed by atoms with Gasteiger partial charge in [0.05, 0.1) is 11.5 Å². The lowest BCUT2D eigenvalue weighted by Crippen LogP contribution is -2.32. The molecule has 0 saturated carbocycles. The minimum atomic E-state index is -0.975. The second kappa shape index (κ2) is 5.89. The topological polar surface area (TPSA) is 87.1 Å². The van der Waals surface area contributed by atoms with Gasteiger partial charge in [-0.2, -0.15) is 17.0 Å². The van der Waals surface area contributed by atoms with Crippen molar-refractivity contribution in [1.82, 2.24) is 0 Å². The number of rotatable bonds is 6. The Kier molecular flexibility index (Phi) is 5.58. The lowest BCUT2D eigenvalue weighted by molar-refractivity contribution is -0.137. The highest BCUT2D eigenvalue weighted by Crippen LogP contribution is 2.21. The molecule has 0 aliphatic rings. The van der Waals surface area contributed by atoms with Gasteiger partial charge >= 0.3 is 5.97 Å². The lowest BCUT2D eigenvalue weighted by atomic mass is 9.93. The Hall–Kier alpha value is -0.730. The van der Waals surface area contributed by atoms with Crippen molar-refractivity contribution in [2.45, 2.75) is 26.3 Å². The zero-order valence-electron chi connectivity index (χ0n) is 8.49. The van der Waals surface area contributed by atoms with Crippen molar-refractivity contribution in [1.29, 1.82) is 5.26 Å². The van der Waals surface area contributed by atoms with Crippen LogP contribution in [0.25, 0.3) is 0 Å². The summed E-state index contributed by atoms with van der Waals surface area (Å²) >= 11 is 1.47. The van der Waals surface area contributed by atoms with E-state index in [0.717, 1.165) is 12.2 Å². The first kappa shape index (κ1) is 13.3. The van der Waals surface area contributed by atoms with E-state index in [4.69, 9.17) is 16.1 Å². The van der Waals surface area contributed by atoms with E-state index in [1.807, 2.05) is 13.8 Å². The van der Waals surface area contributed by atoms with Crippen molar-refractivity contribution in [3.05, 3.63) is 0 Å². The van der Waals surface area contributed by atoms with Gasteiger partial charge in [0.15, 0.2) is 0 Å². The van der Waals surface area contributed by atoms with E-state index in [1.165, 1.54) is 11.8 Å². The van der Waals surface area contributed by atoms with Gasteiger partial charge in [-0.25, -0.2) is 0 Å². The lowest BCUT2D eigenvalue weighted by Gasteiger charge is -2.14. The number of aliphatic carboxylic acids is 1. The summed E-state index contributed by atoms with van der Waals surface area (Å²) in [6.07, 6.45) is 0.751. The molecule has 0 fully saturated rings. The van der Waals surface area contributed by atoms with E-state index >= 15 is 0 Å². The number of nitrogens with zero attached hydrogens (tertiary/aromatic N) is 1. The maximum absolute atomic E-state index is 10.4. The van der Waals surface area contributed by atoms with Crippen molar-refractivity contribution in [2.24, 2.45) is 11.1 Å². The number of nitriles is 1. The standard InChI is InChI=1S/C9H16N2O2S/c1-9(2,6-10)3-4-14-5-7(11)8(12)13/h7H,3-5,11H2,1-2H3,(H,12,13). The molecular formula is C9H16N2O2S. The van der Waals surface area contributed by atoms with Gasteiger partial charge in [-0.15, -0.1) is 0 Å². The Labute approximate surface area is 88.5 Å². The highest BCUT2D eigenvalue weighted by atomic mass is 32.2. The summed E-state index contributed by atoms with van der Waals surface area (Å²) in [7, 11) is 0. The van der Waals surface area contributed by atoms with Gasteiger partial charge in [0, 0.05) is 5.75 Å². The van der Waals surface area contributed by atoms with Crippen molar-refractivity contribution >= 4 is 17.7 Å². The maximum Gasteiger partial charge on any atom is 0.321 e. The van der Waals surface area contributed by atoms with Gasteiger partial charge in [-0.05, 0) is 26.0 Å². The quantitative estimate of drug-likeness (QED) is 0.648. The molecule has 0 aromatic rings. The molecule has 0 saturated heterocycles. The van der Waals surface area contributed by atoms with E-state index in [-0.39, 0.29) is 5.41 Å². The minimum Gasteiger partial charge on any atom is -0.480 e. The predicted octanol–water partition coefficient (Wildman–Crippen LogP) is 1.07. The maximum atomic E-state index is 10.4. The number of carboxylic acid groups (broad SMARTS) is 1. The summed E-state index contributed by atoms with van der Waals surface area (Å²) in [6.45, 7) is 3.73. The van der Waals surface area contributed by atoms with Gasteiger partial charge in [-0.1, -0.05) is 0 Å². The van der Waals surface area contributed by atoms with Gasteiger partial charge < -0.3 is 10.8 Å². The van der Waals surface area contributed by atoms with E-state index in [1.54, 1.807) is 0 Å². The first-order chi connectivity index (χ1) is 6.39. The van der Waals surface area contributed by atoms with Crippen LogP contribution < -0.4 is 5.73 Å². The van der Waals surface area contributed by atoms with Crippen molar-refractivity contribution < 1.29 is 9.90 Å². The number of nitrogens with two attached hydrogens (primary N) is 1. The summed E-state index contributed by atoms with van der Waals surface area (Å²) in [5, 5.41) is 17.2. The summed E-state index contributed by atoms with van der Waals surface area (Å²) in [6, 6.07) is 1.39. The van der Waals surface area contributed by atoms with Crippen LogP contribution >= 0.6 is 11.8 Å². The highest BCUT2D eigenvalue weighted by molar-refractivity contribution is 7.99. The molecule has 0 heterocycles. The normalized spacial score (nSPS) is 13.3. The smallest absolute Gasteiger partial charge is 0.321 e. The fourth-order valence-corrected chi connectivity index (χ4v) is 1.88. The molecule has 1 unspecified atom stereocenters. The average molecular weight is 216 g/mol. The number of hydrogen-bond donors (Lipinski definition) is 2. The largest absolute Gasteiger partial charge is 0.480 e. The van der Waals surface area contributed by atoms with Crippen LogP contribution in [0.5, 0.6) is 0 Å². The van der Waals surface area contributed by atoms with Crippen LogP contribution in [-0.2, 0) is 4.79 Å². The Morgan fingerprint density at radius 1 is 1.71 bits per heavy atom. The van der Waals surface area contributed by atoms with Gasteiger partial charge in [0.2, 0.25) is 0 Å². The van der Waals surface area contributed by atoms with Crippen molar-refractivity contribution in [3.63, 3.8) is 0 Å². The molecule has 0 radical (unpaired) electrons. The second-order valence-electron chi connectivity index (χ2n) is 3.77. The first-order valence-corrected chi connectivity index (χ1v) is 5.52. The van der Waals surface area contributed by atoms with Gasteiger partial charge in [-0.3, -0.25) is 4.79 Å². The summed E-state index contributed by atoms with van der Waals surface area (Å²) < 4.78 is 0. The third-order valence-electron chi connectivity index (χ3n) is 1.79. The fraction of sp³-hybridized carbons (Fsp3) is 0.778. The zero-order valence-corrected chi connectivity index (χ0v) is 9.30. The van der Waals surface area contributed by atoms with Crippen LogP contribution in [0, 0.1) is 16.7 Å². The predicted molar refractivity (Wildman–Crippen MR) is 56.9 cm³/mol. The minimum absolute atomic E-state index is 0.333. The molecule has 14 heavy (non-hydrogen) atoms. The Bertz CT molecular complexity index is 235. The molecule has 4 nitrogen and oxygen atoms in total. The first-order valence-electron chi connectivity index (χ1n) is 4.36. The zero-order chi connectivity index (χ0) is 11.2. The molecular weight excluding hydrogens is 200 g/mol. The van der Waals surface area contributed by atoms with E-state index in [2.05, 4.69) is 6.07 Å². The summed E-state index contributed by atoms with van der Waals surface area (Å²) in [4.78, 5) is 10.4. The molecule has 0 spiro atoms. The van der Waals surface area contributed by atoms with Crippen LogP contribution in [0.15, 0.2) is 0 Å². The SMILES string of the molecule is CC(C)(C#N)CCSCC(N)C(=O)O. The highest BCUT2D eigenvalue weighted by Gasteiger charge is 2.17. The molecule has 0 rings (SSSR count). The Morgan fingerprint density at radius 2 is 2.29 bits per heavy atom. The van der Waals surface area contributed by atoms with Crippen LogP contribution in [0.4, 0.5) is 0 Å². The van der Waals surface area contributed by atoms with E-state index in [9.17, 15) is 4.79 Å². The monoisotopic (exact) mass is 216 g/mol. The third-order valence-corrected chi connectivity index (χ3v) is 2.88. The third kappa shape index (κ3) is 5.84. The molecule has 0 bridgehead atoms. The molecule has 0 aromatic carbocycles. The van der Waals surface area contributed by atoms with Crippen LogP contribution in [0.3, 0.4) is 0 Å². The number of carboxylic acids is 1. The summed E-state index contributed by atoms with van der Waals surface area (Å²) in [5.41, 5.74) is 4.98. The van der Waals surface area contributed by atoms with E-state index < -0.39 is 12.0 Å². The average Bonchev–Trinajstić information content (AvgIpc) is 2.12. The van der Waals surface area contributed by atoms with Crippen molar-refractivity contribution in [2.75, 3.05) is 11.5 Å². The number of hydrogen-bond acceptors (Lipinski definition) is 4. The molecule has 5 heteroatoms. The van der Waals surface area contributed by atoms with Gasteiger partial charge in [0.1, 0.15) is 6.04 Å². The van der Waals surface area contributed by atoms with Crippen LogP contribution in [0.2, 0.25) is 0 Å². The molecule has 80 valence electrons. The molecule has 0 aliphatic heterocycles. The van der Waals surface area contributed by atoms with Gasteiger partial charge in [0.25, 0.3) is 0 Å². The second-order valence-corrected chi connectivity index (χ2v) is 4.92.